The third-order valence-electron chi connectivity index (χ3n) is 3.90. The maximum absolute atomic E-state index is 6.02. The smallest absolute Gasteiger partial charge is 0.135 e. The second kappa shape index (κ2) is 6.71. The normalized spacial score (nSPS) is 15.9. The molecule has 3 rings (SSSR count). The summed E-state index contributed by atoms with van der Waals surface area (Å²) in [5, 5.41) is 4.41. The van der Waals surface area contributed by atoms with Crippen LogP contribution in [0.4, 0.5) is 17.3 Å². The summed E-state index contributed by atoms with van der Waals surface area (Å²) in [7, 11) is 0. The van der Waals surface area contributed by atoms with Crippen LogP contribution < -0.4 is 10.2 Å². The number of anilines is 3. The van der Waals surface area contributed by atoms with Crippen molar-refractivity contribution in [3.8, 4) is 0 Å². The fourth-order valence-corrected chi connectivity index (χ4v) is 3.13. The van der Waals surface area contributed by atoms with E-state index in [1.807, 2.05) is 18.2 Å². The number of aromatic nitrogens is 2. The number of nitrogens with one attached hydrogen (secondary N) is 1. The van der Waals surface area contributed by atoms with Gasteiger partial charge in [-0.1, -0.05) is 30.1 Å². The van der Waals surface area contributed by atoms with Gasteiger partial charge in [-0.2, -0.15) is 0 Å². The Morgan fingerprint density at radius 3 is 2.41 bits per heavy atom. The monoisotopic (exact) mass is 336 g/mol. The Balaban J connectivity index is 1.76. The first-order valence-electron chi connectivity index (χ1n) is 7.40. The minimum absolute atomic E-state index is 0.592. The first kappa shape index (κ1) is 15.4. The van der Waals surface area contributed by atoms with Gasteiger partial charge in [0, 0.05) is 34.9 Å². The van der Waals surface area contributed by atoms with Crippen molar-refractivity contribution >= 4 is 40.5 Å². The molecule has 0 amide bonds. The standard InChI is InChI=1S/C16H18Cl2N4/c1-11-2-4-22(5-3-11)16-9-15(19-10-20-16)21-14-7-12(17)6-13(18)8-14/h6-11H,2-5H2,1H3,(H,19,20,21). The second-order valence-electron chi connectivity index (χ2n) is 5.71. The highest BCUT2D eigenvalue weighted by Crippen LogP contribution is 2.26. The van der Waals surface area contributed by atoms with Crippen molar-refractivity contribution in [3.05, 3.63) is 40.6 Å². The molecule has 0 spiro atoms. The number of rotatable bonds is 3. The molecule has 1 N–H and O–H groups in total. The van der Waals surface area contributed by atoms with Crippen molar-refractivity contribution in [2.24, 2.45) is 5.92 Å². The molecule has 0 saturated carbocycles. The van der Waals surface area contributed by atoms with E-state index in [1.54, 1.807) is 12.4 Å². The third-order valence-corrected chi connectivity index (χ3v) is 4.33. The summed E-state index contributed by atoms with van der Waals surface area (Å²) in [6.07, 6.45) is 4.00. The summed E-state index contributed by atoms with van der Waals surface area (Å²) in [5.74, 6) is 2.49. The van der Waals surface area contributed by atoms with Crippen LogP contribution in [0, 0.1) is 5.92 Å². The highest BCUT2D eigenvalue weighted by Gasteiger charge is 2.17. The number of hydrogen-bond acceptors (Lipinski definition) is 4. The van der Waals surface area contributed by atoms with E-state index in [0.717, 1.165) is 36.3 Å². The lowest BCUT2D eigenvalue weighted by Gasteiger charge is -2.31. The molecule has 1 aromatic heterocycles. The van der Waals surface area contributed by atoms with E-state index < -0.39 is 0 Å². The van der Waals surface area contributed by atoms with Gasteiger partial charge in [-0.15, -0.1) is 0 Å². The molecule has 1 aliphatic heterocycles. The van der Waals surface area contributed by atoms with Crippen LogP contribution in [-0.4, -0.2) is 23.1 Å². The van der Waals surface area contributed by atoms with E-state index in [0.29, 0.717) is 10.0 Å². The topological polar surface area (TPSA) is 41.0 Å². The molecule has 1 aliphatic rings. The van der Waals surface area contributed by atoms with Crippen molar-refractivity contribution in [1.82, 2.24) is 9.97 Å². The SMILES string of the molecule is CC1CCN(c2cc(Nc3cc(Cl)cc(Cl)c3)ncn2)CC1. The Hall–Kier alpha value is -1.52. The zero-order valence-corrected chi connectivity index (χ0v) is 13.9. The summed E-state index contributed by atoms with van der Waals surface area (Å²) < 4.78 is 0. The molecule has 6 heteroatoms. The average Bonchev–Trinajstić information content (AvgIpc) is 2.47. The zero-order chi connectivity index (χ0) is 15.5. The lowest BCUT2D eigenvalue weighted by molar-refractivity contribution is 0.436. The first-order valence-corrected chi connectivity index (χ1v) is 8.16. The van der Waals surface area contributed by atoms with Gasteiger partial charge in [-0.25, -0.2) is 9.97 Å². The highest BCUT2D eigenvalue weighted by atomic mass is 35.5. The quantitative estimate of drug-likeness (QED) is 0.876. The van der Waals surface area contributed by atoms with Gasteiger partial charge in [-0.05, 0) is 37.0 Å². The first-order chi connectivity index (χ1) is 10.6. The molecule has 22 heavy (non-hydrogen) atoms. The van der Waals surface area contributed by atoms with Gasteiger partial charge in [0.15, 0.2) is 0 Å². The van der Waals surface area contributed by atoms with Gasteiger partial charge in [0.1, 0.15) is 18.0 Å². The molecule has 1 saturated heterocycles. The van der Waals surface area contributed by atoms with E-state index in [2.05, 4.69) is 27.1 Å². The maximum Gasteiger partial charge on any atom is 0.135 e. The summed E-state index contributed by atoms with van der Waals surface area (Å²) in [6.45, 7) is 4.38. The molecular weight excluding hydrogens is 319 g/mol. The lowest BCUT2D eigenvalue weighted by Crippen LogP contribution is -2.33. The molecule has 0 radical (unpaired) electrons. The van der Waals surface area contributed by atoms with Gasteiger partial charge in [0.25, 0.3) is 0 Å². The van der Waals surface area contributed by atoms with Crippen molar-refractivity contribution < 1.29 is 0 Å². The fraction of sp³-hybridized carbons (Fsp3) is 0.375. The molecule has 2 aromatic rings. The number of halogens is 2. The molecule has 1 aromatic carbocycles. The molecule has 0 atom stereocenters. The number of piperidine rings is 1. The largest absolute Gasteiger partial charge is 0.356 e. The van der Waals surface area contributed by atoms with E-state index >= 15 is 0 Å². The van der Waals surface area contributed by atoms with Gasteiger partial charge in [0.05, 0.1) is 0 Å². The molecular formula is C16H18Cl2N4. The van der Waals surface area contributed by atoms with Crippen LogP contribution in [0.5, 0.6) is 0 Å². The fourth-order valence-electron chi connectivity index (χ4n) is 2.60. The van der Waals surface area contributed by atoms with Crippen LogP contribution in [0.1, 0.15) is 19.8 Å². The van der Waals surface area contributed by atoms with E-state index in [9.17, 15) is 0 Å². The van der Waals surface area contributed by atoms with Gasteiger partial charge in [0.2, 0.25) is 0 Å². The zero-order valence-electron chi connectivity index (χ0n) is 12.4. The van der Waals surface area contributed by atoms with Crippen LogP contribution in [0.2, 0.25) is 10.0 Å². The second-order valence-corrected chi connectivity index (χ2v) is 6.59. The average molecular weight is 337 g/mol. The summed E-state index contributed by atoms with van der Waals surface area (Å²) in [5.41, 5.74) is 0.814. The van der Waals surface area contributed by atoms with Crippen LogP contribution in [0.15, 0.2) is 30.6 Å². The van der Waals surface area contributed by atoms with E-state index in [-0.39, 0.29) is 0 Å². The van der Waals surface area contributed by atoms with Crippen LogP contribution in [0.3, 0.4) is 0 Å². The summed E-state index contributed by atoms with van der Waals surface area (Å²) in [6, 6.07) is 7.30. The Kier molecular flexibility index (Phi) is 4.69. The Morgan fingerprint density at radius 2 is 1.73 bits per heavy atom. The third kappa shape index (κ3) is 3.81. The van der Waals surface area contributed by atoms with Gasteiger partial charge < -0.3 is 10.2 Å². The van der Waals surface area contributed by atoms with Crippen LogP contribution in [-0.2, 0) is 0 Å². The van der Waals surface area contributed by atoms with E-state index in [1.165, 1.54) is 12.8 Å². The molecule has 116 valence electrons. The lowest BCUT2D eigenvalue weighted by atomic mass is 9.99. The van der Waals surface area contributed by atoms with Gasteiger partial charge >= 0.3 is 0 Å². The Bertz CT molecular complexity index is 634. The summed E-state index contributed by atoms with van der Waals surface area (Å²) >= 11 is 12.0. The Labute approximate surface area is 140 Å². The van der Waals surface area contributed by atoms with Crippen LogP contribution >= 0.6 is 23.2 Å². The number of benzene rings is 1. The molecule has 1 fully saturated rings. The summed E-state index contributed by atoms with van der Waals surface area (Å²) in [4.78, 5) is 11.0. The minimum Gasteiger partial charge on any atom is -0.356 e. The maximum atomic E-state index is 6.02. The van der Waals surface area contributed by atoms with Gasteiger partial charge in [-0.3, -0.25) is 0 Å². The molecule has 0 unspecified atom stereocenters. The predicted molar refractivity (Wildman–Crippen MR) is 92.4 cm³/mol. The van der Waals surface area contributed by atoms with E-state index in [4.69, 9.17) is 23.2 Å². The predicted octanol–water partition coefficient (Wildman–Crippen LogP) is 4.76. The van der Waals surface area contributed by atoms with Crippen molar-refractivity contribution in [2.45, 2.75) is 19.8 Å². The number of nitrogens with zero attached hydrogens (tertiary/aromatic N) is 3. The van der Waals surface area contributed by atoms with Crippen molar-refractivity contribution in [3.63, 3.8) is 0 Å². The van der Waals surface area contributed by atoms with Crippen molar-refractivity contribution in [2.75, 3.05) is 23.3 Å². The number of hydrogen-bond donors (Lipinski definition) is 1. The molecule has 4 nitrogen and oxygen atoms in total. The van der Waals surface area contributed by atoms with Crippen molar-refractivity contribution in [1.29, 1.82) is 0 Å². The van der Waals surface area contributed by atoms with Crippen LogP contribution in [0.25, 0.3) is 0 Å². The highest BCUT2D eigenvalue weighted by molar-refractivity contribution is 6.35. The molecule has 0 bridgehead atoms. The molecule has 2 heterocycles. The molecule has 0 aliphatic carbocycles. The minimum atomic E-state index is 0.592. The Morgan fingerprint density at radius 1 is 1.05 bits per heavy atom.